The Morgan fingerprint density at radius 1 is 1.14 bits per heavy atom. The molecule has 0 bridgehead atoms. The zero-order valence-electron chi connectivity index (χ0n) is 8.66. The van der Waals surface area contributed by atoms with E-state index in [2.05, 4.69) is 36.5 Å². The Morgan fingerprint density at radius 2 is 1.71 bits per heavy atom. The highest BCUT2D eigenvalue weighted by molar-refractivity contribution is 5.33. The van der Waals surface area contributed by atoms with Crippen molar-refractivity contribution < 1.29 is 0 Å². The number of fused-ring (bicyclic) bond motifs is 1. The molecule has 3 rings (SSSR count). The lowest BCUT2D eigenvalue weighted by molar-refractivity contribution is 0.515. The van der Waals surface area contributed by atoms with Gasteiger partial charge in [0.15, 0.2) is 0 Å². The van der Waals surface area contributed by atoms with E-state index in [0.29, 0.717) is 6.04 Å². The molecule has 1 aromatic rings. The van der Waals surface area contributed by atoms with Crippen LogP contribution in [0.5, 0.6) is 0 Å². The van der Waals surface area contributed by atoms with Gasteiger partial charge >= 0.3 is 0 Å². The van der Waals surface area contributed by atoms with Gasteiger partial charge in [-0.15, -0.1) is 0 Å². The summed E-state index contributed by atoms with van der Waals surface area (Å²) in [5.41, 5.74) is 3.11. The molecule has 2 unspecified atom stereocenters. The molecule has 2 atom stereocenters. The van der Waals surface area contributed by atoms with Crippen LogP contribution in [0.4, 0.5) is 0 Å². The van der Waals surface area contributed by atoms with Crippen molar-refractivity contribution in [2.24, 2.45) is 5.92 Å². The second-order valence-corrected chi connectivity index (χ2v) is 4.86. The summed E-state index contributed by atoms with van der Waals surface area (Å²) in [7, 11) is 0. The highest BCUT2D eigenvalue weighted by atomic mass is 15.0. The fourth-order valence-corrected chi connectivity index (χ4v) is 2.53. The number of rotatable bonds is 2. The van der Waals surface area contributed by atoms with Gasteiger partial charge in [0, 0.05) is 12.1 Å². The molecule has 0 amide bonds. The molecule has 2 aliphatic carbocycles. The molecule has 1 nitrogen and oxygen atoms in total. The van der Waals surface area contributed by atoms with Crippen LogP contribution in [0.25, 0.3) is 0 Å². The summed E-state index contributed by atoms with van der Waals surface area (Å²) in [4.78, 5) is 0. The van der Waals surface area contributed by atoms with Crippen molar-refractivity contribution in [1.82, 2.24) is 5.32 Å². The topological polar surface area (TPSA) is 12.0 Å². The molecule has 2 aliphatic rings. The highest BCUT2D eigenvalue weighted by Crippen LogP contribution is 2.31. The van der Waals surface area contributed by atoms with E-state index in [-0.39, 0.29) is 0 Å². The first-order chi connectivity index (χ1) is 6.83. The Bertz CT molecular complexity index is 320. The molecule has 1 heteroatoms. The number of benzene rings is 1. The van der Waals surface area contributed by atoms with Crippen LogP contribution in [-0.4, -0.2) is 12.1 Å². The lowest BCUT2D eigenvalue weighted by Crippen LogP contribution is -2.32. The van der Waals surface area contributed by atoms with E-state index in [9.17, 15) is 0 Å². The Kier molecular flexibility index (Phi) is 1.88. The van der Waals surface area contributed by atoms with E-state index in [0.717, 1.165) is 12.0 Å². The molecule has 14 heavy (non-hydrogen) atoms. The van der Waals surface area contributed by atoms with Gasteiger partial charge in [0.05, 0.1) is 0 Å². The van der Waals surface area contributed by atoms with Crippen molar-refractivity contribution in [3.05, 3.63) is 35.4 Å². The van der Waals surface area contributed by atoms with Crippen LogP contribution in [0, 0.1) is 5.92 Å². The maximum Gasteiger partial charge on any atom is 0.0151 e. The van der Waals surface area contributed by atoms with Crippen LogP contribution in [0.3, 0.4) is 0 Å². The summed E-state index contributed by atoms with van der Waals surface area (Å²) in [6.07, 6.45) is 3.85. The zero-order chi connectivity index (χ0) is 9.54. The van der Waals surface area contributed by atoms with Gasteiger partial charge in [-0.3, -0.25) is 0 Å². The van der Waals surface area contributed by atoms with Gasteiger partial charge in [0.1, 0.15) is 0 Å². The molecule has 1 saturated carbocycles. The van der Waals surface area contributed by atoms with Gasteiger partial charge in [-0.1, -0.05) is 31.2 Å². The largest absolute Gasteiger partial charge is 0.310 e. The summed E-state index contributed by atoms with van der Waals surface area (Å²) in [5, 5.41) is 3.75. The van der Waals surface area contributed by atoms with Crippen molar-refractivity contribution in [1.29, 1.82) is 0 Å². The Morgan fingerprint density at radius 3 is 2.21 bits per heavy atom. The van der Waals surface area contributed by atoms with E-state index in [1.807, 2.05) is 0 Å². The Balaban J connectivity index is 1.67. The molecule has 1 N–H and O–H groups in total. The lowest BCUT2D eigenvalue weighted by atomic mass is 10.1. The third-order valence-corrected chi connectivity index (χ3v) is 3.61. The second kappa shape index (κ2) is 3.09. The van der Waals surface area contributed by atoms with Crippen LogP contribution < -0.4 is 5.32 Å². The van der Waals surface area contributed by atoms with Gasteiger partial charge < -0.3 is 5.32 Å². The molecule has 0 spiro atoms. The smallest absolute Gasteiger partial charge is 0.0151 e. The quantitative estimate of drug-likeness (QED) is 0.748. The first-order valence-corrected chi connectivity index (χ1v) is 5.66. The normalized spacial score (nSPS) is 30.4. The SMILES string of the molecule is CC1CC1NC1Cc2ccccc2C1. The summed E-state index contributed by atoms with van der Waals surface area (Å²) < 4.78 is 0. The van der Waals surface area contributed by atoms with Gasteiger partial charge in [-0.25, -0.2) is 0 Å². The van der Waals surface area contributed by atoms with E-state index in [1.54, 1.807) is 11.1 Å². The predicted molar refractivity (Wildman–Crippen MR) is 58.3 cm³/mol. The van der Waals surface area contributed by atoms with Crippen LogP contribution in [0.15, 0.2) is 24.3 Å². The maximum absolute atomic E-state index is 3.75. The number of hydrogen-bond acceptors (Lipinski definition) is 1. The molecule has 1 aromatic carbocycles. The van der Waals surface area contributed by atoms with Crippen molar-refractivity contribution in [3.8, 4) is 0 Å². The van der Waals surface area contributed by atoms with Crippen molar-refractivity contribution >= 4 is 0 Å². The summed E-state index contributed by atoms with van der Waals surface area (Å²) in [6.45, 7) is 2.33. The van der Waals surface area contributed by atoms with E-state index >= 15 is 0 Å². The number of nitrogens with one attached hydrogen (secondary N) is 1. The molecule has 0 saturated heterocycles. The molecule has 0 aliphatic heterocycles. The van der Waals surface area contributed by atoms with Crippen molar-refractivity contribution in [2.75, 3.05) is 0 Å². The fraction of sp³-hybridized carbons (Fsp3) is 0.538. The maximum atomic E-state index is 3.75. The molecule has 0 heterocycles. The van der Waals surface area contributed by atoms with Gasteiger partial charge in [0.2, 0.25) is 0 Å². The molecule has 1 fully saturated rings. The number of hydrogen-bond donors (Lipinski definition) is 1. The molecule has 0 radical (unpaired) electrons. The fourth-order valence-electron chi connectivity index (χ4n) is 2.53. The highest BCUT2D eigenvalue weighted by Gasteiger charge is 2.35. The molecule has 0 aromatic heterocycles. The summed E-state index contributed by atoms with van der Waals surface area (Å²) >= 11 is 0. The minimum atomic E-state index is 0.711. The van der Waals surface area contributed by atoms with Gasteiger partial charge in [0.25, 0.3) is 0 Å². The van der Waals surface area contributed by atoms with Crippen molar-refractivity contribution in [2.45, 2.75) is 38.3 Å². The first-order valence-electron chi connectivity index (χ1n) is 5.66. The molecule has 74 valence electrons. The summed E-state index contributed by atoms with van der Waals surface area (Å²) in [6, 6.07) is 10.4. The minimum Gasteiger partial charge on any atom is -0.310 e. The van der Waals surface area contributed by atoms with E-state index < -0.39 is 0 Å². The van der Waals surface area contributed by atoms with Gasteiger partial charge in [-0.2, -0.15) is 0 Å². The average Bonchev–Trinajstić information content (AvgIpc) is 2.74. The third kappa shape index (κ3) is 1.46. The Labute approximate surface area is 85.5 Å². The van der Waals surface area contributed by atoms with Crippen LogP contribution in [0.1, 0.15) is 24.5 Å². The average molecular weight is 187 g/mol. The predicted octanol–water partition coefficient (Wildman–Crippen LogP) is 2.15. The standard InChI is InChI=1S/C13H17N/c1-9-6-13(9)14-12-7-10-4-2-3-5-11(10)8-12/h2-5,9,12-14H,6-8H2,1H3. The molecular weight excluding hydrogens is 170 g/mol. The second-order valence-electron chi connectivity index (χ2n) is 4.86. The summed E-state index contributed by atoms with van der Waals surface area (Å²) in [5.74, 6) is 0.915. The van der Waals surface area contributed by atoms with Crippen LogP contribution >= 0.6 is 0 Å². The minimum absolute atomic E-state index is 0.711. The van der Waals surface area contributed by atoms with Crippen LogP contribution in [0.2, 0.25) is 0 Å². The van der Waals surface area contributed by atoms with E-state index in [4.69, 9.17) is 0 Å². The molecular formula is C13H17N. The monoisotopic (exact) mass is 187 g/mol. The Hall–Kier alpha value is -0.820. The van der Waals surface area contributed by atoms with Crippen LogP contribution in [-0.2, 0) is 12.8 Å². The third-order valence-electron chi connectivity index (χ3n) is 3.61. The van der Waals surface area contributed by atoms with E-state index in [1.165, 1.54) is 19.3 Å². The first kappa shape index (κ1) is 8.49. The lowest BCUT2D eigenvalue weighted by Gasteiger charge is -2.10. The zero-order valence-corrected chi connectivity index (χ0v) is 8.66. The van der Waals surface area contributed by atoms with Gasteiger partial charge in [-0.05, 0) is 36.3 Å². The van der Waals surface area contributed by atoms with Crippen molar-refractivity contribution in [3.63, 3.8) is 0 Å².